The van der Waals surface area contributed by atoms with Crippen molar-refractivity contribution in [2.45, 2.75) is 74.8 Å². The van der Waals surface area contributed by atoms with Gasteiger partial charge in [-0.3, -0.25) is 0 Å². The summed E-state index contributed by atoms with van der Waals surface area (Å²) in [4.78, 5) is 0. The lowest BCUT2D eigenvalue weighted by Gasteiger charge is -2.32. The van der Waals surface area contributed by atoms with Crippen molar-refractivity contribution in [3.63, 3.8) is 0 Å². The van der Waals surface area contributed by atoms with Gasteiger partial charge in [0.15, 0.2) is 0 Å². The molecule has 2 rings (SSSR count). The van der Waals surface area contributed by atoms with Crippen molar-refractivity contribution in [1.82, 2.24) is 0 Å². The first-order valence-electron chi connectivity index (χ1n) is 11.2. The third-order valence-corrected chi connectivity index (χ3v) is 21.6. The molecule has 0 saturated carbocycles. The van der Waals surface area contributed by atoms with E-state index in [1.807, 2.05) is 14.2 Å². The zero-order chi connectivity index (χ0) is 21.5. The zero-order valence-electron chi connectivity index (χ0n) is 19.8. The predicted molar refractivity (Wildman–Crippen MR) is 128 cm³/mol. The van der Waals surface area contributed by atoms with E-state index < -0.39 is 33.7 Å². The standard InChI is InChI=1S/C19H44O6Si4/c1-20-29(21-2,11-8-9-22-13-18-14-23-18)17-26(3)10-12-27(4,5)16-25-28(6,7)19-15-24-19/h18-19,26H,8-17H2,1-7H3. The monoisotopic (exact) mass is 480 g/mol. The maximum absolute atomic E-state index is 6.42. The first kappa shape index (κ1) is 25.9. The van der Waals surface area contributed by atoms with Crippen molar-refractivity contribution >= 4 is 33.7 Å². The molecule has 3 atom stereocenters. The van der Waals surface area contributed by atoms with Gasteiger partial charge in [-0.15, -0.1) is 0 Å². The topological polar surface area (TPSA) is 62.0 Å². The SMILES string of the molecule is CO[Si](CCCOCC1CO1)(C[SiH](C)CC[Si](C)(C)CO[Si](C)(C)C1CO1)OC. The quantitative estimate of drug-likeness (QED) is 0.181. The average molecular weight is 481 g/mol. The van der Waals surface area contributed by atoms with Gasteiger partial charge < -0.3 is 27.5 Å². The summed E-state index contributed by atoms with van der Waals surface area (Å²) in [6.07, 6.45) is 2.33. The van der Waals surface area contributed by atoms with Crippen LogP contribution in [-0.2, 0) is 27.5 Å². The van der Waals surface area contributed by atoms with Crippen LogP contribution in [0.3, 0.4) is 0 Å². The van der Waals surface area contributed by atoms with Crippen molar-refractivity contribution in [2.24, 2.45) is 0 Å². The molecule has 2 fully saturated rings. The Balaban J connectivity index is 1.69. The van der Waals surface area contributed by atoms with E-state index in [2.05, 4.69) is 32.7 Å². The minimum absolute atomic E-state index is 0.343. The van der Waals surface area contributed by atoms with Crippen molar-refractivity contribution in [2.75, 3.05) is 46.9 Å². The summed E-state index contributed by atoms with van der Waals surface area (Å²) in [5.74, 6) is 0. The third kappa shape index (κ3) is 9.75. The maximum Gasteiger partial charge on any atom is 0.334 e. The highest BCUT2D eigenvalue weighted by Gasteiger charge is 2.44. The van der Waals surface area contributed by atoms with E-state index in [4.69, 9.17) is 27.5 Å². The van der Waals surface area contributed by atoms with E-state index in [0.717, 1.165) is 45.1 Å². The molecular weight excluding hydrogens is 437 g/mol. The third-order valence-electron chi connectivity index (χ3n) is 6.21. The number of hydrogen-bond donors (Lipinski definition) is 0. The highest BCUT2D eigenvalue weighted by atomic mass is 28.4. The van der Waals surface area contributed by atoms with E-state index in [9.17, 15) is 0 Å². The number of hydrogen-bond acceptors (Lipinski definition) is 6. The van der Waals surface area contributed by atoms with Gasteiger partial charge in [-0.2, -0.15) is 0 Å². The summed E-state index contributed by atoms with van der Waals surface area (Å²) in [5, 5.41) is 0. The van der Waals surface area contributed by atoms with Crippen molar-refractivity contribution < 1.29 is 27.5 Å². The van der Waals surface area contributed by atoms with Gasteiger partial charge in [-0.1, -0.05) is 31.7 Å². The molecule has 6 nitrogen and oxygen atoms in total. The van der Waals surface area contributed by atoms with Crippen LogP contribution in [0.15, 0.2) is 0 Å². The van der Waals surface area contributed by atoms with Crippen LogP contribution in [0, 0.1) is 0 Å². The molecule has 3 unspecified atom stereocenters. The summed E-state index contributed by atoms with van der Waals surface area (Å²) >= 11 is 0. The molecule has 0 aromatic heterocycles. The second-order valence-corrected chi connectivity index (χ2v) is 27.0. The molecule has 2 saturated heterocycles. The molecule has 2 aliphatic rings. The molecule has 10 heteroatoms. The van der Waals surface area contributed by atoms with Crippen molar-refractivity contribution in [1.29, 1.82) is 0 Å². The summed E-state index contributed by atoms with van der Waals surface area (Å²) in [6, 6.07) is 3.73. The summed E-state index contributed by atoms with van der Waals surface area (Å²) in [5.41, 5.74) is 1.61. The molecule has 172 valence electrons. The van der Waals surface area contributed by atoms with Gasteiger partial charge >= 0.3 is 8.56 Å². The molecule has 0 aromatic carbocycles. The molecule has 0 spiro atoms. The minimum Gasteiger partial charge on any atom is -0.418 e. The smallest absolute Gasteiger partial charge is 0.334 e. The van der Waals surface area contributed by atoms with E-state index in [-0.39, 0.29) is 0 Å². The Morgan fingerprint density at radius 2 is 1.66 bits per heavy atom. The maximum atomic E-state index is 6.42. The van der Waals surface area contributed by atoms with Gasteiger partial charge in [0.1, 0.15) is 6.10 Å². The molecule has 0 N–H and O–H groups in total. The van der Waals surface area contributed by atoms with Crippen molar-refractivity contribution in [3.8, 4) is 0 Å². The van der Waals surface area contributed by atoms with Gasteiger partial charge in [0, 0.05) is 35.9 Å². The van der Waals surface area contributed by atoms with Gasteiger partial charge in [-0.05, 0) is 31.2 Å². The zero-order valence-corrected chi connectivity index (χ0v) is 23.9. The molecule has 0 radical (unpaired) electrons. The van der Waals surface area contributed by atoms with E-state index in [0.29, 0.717) is 11.8 Å². The molecule has 0 amide bonds. The fourth-order valence-electron chi connectivity index (χ4n) is 3.64. The number of rotatable bonds is 17. The lowest BCUT2D eigenvalue weighted by atomic mass is 10.5. The van der Waals surface area contributed by atoms with Crippen LogP contribution in [0.5, 0.6) is 0 Å². The van der Waals surface area contributed by atoms with E-state index in [1.165, 1.54) is 17.8 Å². The van der Waals surface area contributed by atoms with Gasteiger partial charge in [-0.25, -0.2) is 0 Å². The van der Waals surface area contributed by atoms with Gasteiger partial charge in [0.25, 0.3) is 0 Å². The van der Waals surface area contributed by atoms with Gasteiger partial charge in [0.2, 0.25) is 8.32 Å². The normalized spacial score (nSPS) is 23.3. The molecular formula is C19H44O6Si4. The minimum atomic E-state index is -2.09. The first-order valence-corrected chi connectivity index (χ1v) is 22.6. The van der Waals surface area contributed by atoms with Crippen LogP contribution >= 0.6 is 0 Å². The molecule has 29 heavy (non-hydrogen) atoms. The molecule has 0 aromatic rings. The lowest BCUT2D eigenvalue weighted by Crippen LogP contribution is -2.46. The summed E-state index contributed by atoms with van der Waals surface area (Å²) in [6.45, 7) is 15.3. The average Bonchev–Trinajstić information content (AvgIpc) is 3.56. The molecule has 0 aliphatic carbocycles. The fraction of sp³-hybridized carbons (Fsp3) is 1.00. The first-order chi connectivity index (χ1) is 13.6. The van der Waals surface area contributed by atoms with Crippen LogP contribution in [0.4, 0.5) is 0 Å². The van der Waals surface area contributed by atoms with Crippen LogP contribution in [0.25, 0.3) is 0 Å². The second kappa shape index (κ2) is 11.5. The van der Waals surface area contributed by atoms with Crippen LogP contribution in [0.1, 0.15) is 6.42 Å². The molecule has 2 heterocycles. The largest absolute Gasteiger partial charge is 0.418 e. The Hall–Kier alpha value is 0.628. The summed E-state index contributed by atoms with van der Waals surface area (Å²) < 4.78 is 34.8. The van der Waals surface area contributed by atoms with E-state index >= 15 is 0 Å². The van der Waals surface area contributed by atoms with Crippen LogP contribution < -0.4 is 0 Å². The Labute approximate surface area is 182 Å². The van der Waals surface area contributed by atoms with Crippen LogP contribution in [0.2, 0.25) is 56.5 Å². The lowest BCUT2D eigenvalue weighted by molar-refractivity contribution is 0.114. The highest BCUT2D eigenvalue weighted by molar-refractivity contribution is 6.84. The number of epoxide rings is 2. The van der Waals surface area contributed by atoms with Gasteiger partial charge in [0.05, 0.1) is 33.6 Å². The second-order valence-electron chi connectivity index (χ2n) is 10.2. The number of ether oxygens (including phenoxy) is 3. The highest BCUT2D eigenvalue weighted by Crippen LogP contribution is 2.28. The van der Waals surface area contributed by atoms with E-state index in [1.54, 1.807) is 0 Å². The Morgan fingerprint density at radius 1 is 1.00 bits per heavy atom. The molecule has 2 aliphatic heterocycles. The summed E-state index contributed by atoms with van der Waals surface area (Å²) in [7, 11) is -2.27. The molecule has 0 bridgehead atoms. The Kier molecular flexibility index (Phi) is 10.2. The van der Waals surface area contributed by atoms with Crippen LogP contribution in [-0.4, -0.2) is 92.5 Å². The van der Waals surface area contributed by atoms with Crippen molar-refractivity contribution in [3.05, 3.63) is 0 Å². The fourth-order valence-corrected chi connectivity index (χ4v) is 21.5. The Bertz CT molecular complexity index is 481. The Morgan fingerprint density at radius 3 is 2.21 bits per heavy atom. The predicted octanol–water partition coefficient (Wildman–Crippen LogP) is 3.33.